The molecular weight excluding hydrogens is 321 g/mol. The Kier molecular flexibility index (Phi) is 6.00. The number of halogens is 3. The fraction of sp³-hybridized carbons (Fsp3) is 0.412. The van der Waals surface area contributed by atoms with Crippen LogP contribution in [-0.2, 0) is 9.59 Å². The van der Waals surface area contributed by atoms with Crippen molar-refractivity contribution in [3.8, 4) is 0 Å². The van der Waals surface area contributed by atoms with Gasteiger partial charge in [-0.1, -0.05) is 30.3 Å². The van der Waals surface area contributed by atoms with Gasteiger partial charge in [-0.05, 0) is 18.4 Å². The molecule has 1 aliphatic heterocycles. The molecule has 2 rings (SSSR count). The lowest BCUT2D eigenvalue weighted by Crippen LogP contribution is -2.32. The summed E-state index contributed by atoms with van der Waals surface area (Å²) in [5, 5.41) is 2.35. The summed E-state index contributed by atoms with van der Waals surface area (Å²) < 4.78 is 39.3. The summed E-state index contributed by atoms with van der Waals surface area (Å²) in [6.07, 6.45) is -2.08. The van der Waals surface area contributed by atoms with Crippen LogP contribution >= 0.6 is 0 Å². The number of amides is 2. The second-order valence-corrected chi connectivity index (χ2v) is 5.55. The number of hydrogen-bond acceptors (Lipinski definition) is 2. The Morgan fingerprint density at radius 2 is 1.75 bits per heavy atom. The summed E-state index contributed by atoms with van der Waals surface area (Å²) in [6, 6.07) is 7.14. The van der Waals surface area contributed by atoms with Crippen molar-refractivity contribution >= 4 is 17.4 Å². The number of nitrogens with one attached hydrogen (secondary N) is 1. The van der Waals surface area contributed by atoms with E-state index in [-0.39, 0.29) is 24.4 Å². The Labute approximate surface area is 138 Å². The van der Waals surface area contributed by atoms with Crippen LogP contribution in [0.4, 0.5) is 13.2 Å². The quantitative estimate of drug-likeness (QED) is 0.838. The lowest BCUT2D eigenvalue weighted by atomic mass is 10.1. The van der Waals surface area contributed by atoms with E-state index in [4.69, 9.17) is 0 Å². The van der Waals surface area contributed by atoms with E-state index >= 15 is 0 Å². The number of alkyl halides is 3. The molecule has 1 N–H and O–H groups in total. The molecule has 0 aromatic heterocycles. The average Bonchev–Trinajstić information content (AvgIpc) is 3.07. The zero-order valence-electron chi connectivity index (χ0n) is 13.1. The molecule has 7 heteroatoms. The van der Waals surface area contributed by atoms with E-state index in [0.29, 0.717) is 19.2 Å². The number of allylic oxidation sites excluding steroid dienone is 1. The summed E-state index contributed by atoms with van der Waals surface area (Å²) in [7, 11) is 0. The summed E-state index contributed by atoms with van der Waals surface area (Å²) in [6.45, 7) is 1.43. The van der Waals surface area contributed by atoms with Crippen molar-refractivity contribution in [2.24, 2.45) is 0 Å². The molecule has 24 heavy (non-hydrogen) atoms. The van der Waals surface area contributed by atoms with Crippen LogP contribution in [0.2, 0.25) is 0 Å². The Morgan fingerprint density at radius 1 is 1.12 bits per heavy atom. The van der Waals surface area contributed by atoms with E-state index in [9.17, 15) is 22.8 Å². The second-order valence-electron chi connectivity index (χ2n) is 5.55. The van der Waals surface area contributed by atoms with Crippen LogP contribution in [0.1, 0.15) is 24.8 Å². The zero-order valence-corrected chi connectivity index (χ0v) is 13.1. The molecule has 1 aliphatic rings. The highest BCUT2D eigenvalue weighted by Crippen LogP contribution is 2.33. The third-order valence-corrected chi connectivity index (χ3v) is 3.76. The number of carbonyl (C=O) groups excluding carboxylic acids is 2. The minimum atomic E-state index is -4.63. The van der Waals surface area contributed by atoms with Crippen molar-refractivity contribution in [3.05, 3.63) is 42.0 Å². The minimum absolute atomic E-state index is 0.0184. The van der Waals surface area contributed by atoms with Crippen molar-refractivity contribution in [1.82, 2.24) is 10.2 Å². The molecule has 2 amide bonds. The molecule has 0 aliphatic carbocycles. The third-order valence-electron chi connectivity index (χ3n) is 3.76. The van der Waals surface area contributed by atoms with Gasteiger partial charge in [-0.25, -0.2) is 0 Å². The first kappa shape index (κ1) is 18.0. The molecule has 1 heterocycles. The first-order valence-electron chi connectivity index (χ1n) is 7.78. The molecule has 1 aromatic rings. The fourth-order valence-corrected chi connectivity index (χ4v) is 2.55. The highest BCUT2D eigenvalue weighted by Gasteiger charge is 2.35. The number of benzene rings is 1. The van der Waals surface area contributed by atoms with Gasteiger partial charge in [0.1, 0.15) is 0 Å². The largest absolute Gasteiger partial charge is 0.417 e. The Balaban J connectivity index is 1.94. The smallest absolute Gasteiger partial charge is 0.352 e. The van der Waals surface area contributed by atoms with Crippen LogP contribution in [0, 0.1) is 0 Å². The molecule has 0 radical (unpaired) electrons. The third kappa shape index (κ3) is 5.11. The molecule has 0 spiro atoms. The summed E-state index contributed by atoms with van der Waals surface area (Å²) in [5.74, 6) is -0.948. The number of nitrogens with zero attached hydrogens (tertiary/aromatic N) is 1. The normalized spacial score (nSPS) is 15.5. The van der Waals surface area contributed by atoms with Crippen LogP contribution in [0.5, 0.6) is 0 Å². The molecule has 130 valence electrons. The van der Waals surface area contributed by atoms with Crippen molar-refractivity contribution in [2.45, 2.75) is 25.4 Å². The van der Waals surface area contributed by atoms with E-state index < -0.39 is 17.7 Å². The Morgan fingerprint density at radius 3 is 2.33 bits per heavy atom. The van der Waals surface area contributed by atoms with Gasteiger partial charge in [0.2, 0.25) is 11.8 Å². The molecule has 0 atom stereocenters. The van der Waals surface area contributed by atoms with Crippen molar-refractivity contribution < 1.29 is 22.8 Å². The van der Waals surface area contributed by atoms with Crippen LogP contribution in [0.3, 0.4) is 0 Å². The van der Waals surface area contributed by atoms with Gasteiger partial charge in [-0.3, -0.25) is 9.59 Å². The maximum Gasteiger partial charge on any atom is 0.417 e. The van der Waals surface area contributed by atoms with Crippen molar-refractivity contribution in [1.29, 1.82) is 0 Å². The SMILES string of the molecule is O=C(C=C(c1ccccc1)C(F)(F)F)NCCC(=O)N1CCCC1. The van der Waals surface area contributed by atoms with E-state index in [1.807, 2.05) is 0 Å². The number of hydrogen-bond donors (Lipinski definition) is 1. The lowest BCUT2D eigenvalue weighted by molar-refractivity contribution is -0.130. The highest BCUT2D eigenvalue weighted by atomic mass is 19.4. The predicted molar refractivity (Wildman–Crippen MR) is 83.9 cm³/mol. The van der Waals surface area contributed by atoms with E-state index in [1.165, 1.54) is 24.3 Å². The van der Waals surface area contributed by atoms with Gasteiger partial charge < -0.3 is 10.2 Å². The maximum atomic E-state index is 13.1. The zero-order chi connectivity index (χ0) is 17.6. The van der Waals surface area contributed by atoms with Gasteiger partial charge in [-0.15, -0.1) is 0 Å². The van der Waals surface area contributed by atoms with Crippen LogP contribution in [-0.4, -0.2) is 42.5 Å². The van der Waals surface area contributed by atoms with Gasteiger partial charge in [0.15, 0.2) is 0 Å². The first-order valence-corrected chi connectivity index (χ1v) is 7.78. The van der Waals surface area contributed by atoms with Gasteiger partial charge in [0, 0.05) is 32.1 Å². The van der Waals surface area contributed by atoms with E-state index in [1.54, 1.807) is 11.0 Å². The molecule has 0 bridgehead atoms. The molecule has 0 unspecified atom stereocenters. The standard InChI is InChI=1S/C17H19F3N2O2/c18-17(19,20)14(13-6-2-1-3-7-13)12-15(23)21-9-8-16(24)22-10-4-5-11-22/h1-3,6-7,12H,4-5,8-11H2,(H,21,23). The van der Waals surface area contributed by atoms with E-state index in [0.717, 1.165) is 12.8 Å². The van der Waals surface area contributed by atoms with Gasteiger partial charge in [0.05, 0.1) is 5.57 Å². The van der Waals surface area contributed by atoms with Gasteiger partial charge in [-0.2, -0.15) is 13.2 Å². The van der Waals surface area contributed by atoms with Gasteiger partial charge >= 0.3 is 6.18 Å². The number of rotatable bonds is 5. The molecule has 1 aromatic carbocycles. The molecule has 1 fully saturated rings. The molecular formula is C17H19F3N2O2. The lowest BCUT2D eigenvalue weighted by Gasteiger charge is -2.15. The van der Waals surface area contributed by atoms with Crippen LogP contribution < -0.4 is 5.32 Å². The molecule has 0 saturated carbocycles. The second kappa shape index (κ2) is 7.99. The van der Waals surface area contributed by atoms with Crippen molar-refractivity contribution in [2.75, 3.05) is 19.6 Å². The maximum absolute atomic E-state index is 13.1. The van der Waals surface area contributed by atoms with E-state index in [2.05, 4.69) is 5.32 Å². The summed E-state index contributed by atoms with van der Waals surface area (Å²) >= 11 is 0. The first-order chi connectivity index (χ1) is 11.4. The summed E-state index contributed by atoms with van der Waals surface area (Å²) in [5.41, 5.74) is -1.08. The Bertz CT molecular complexity index is 606. The number of carbonyl (C=O) groups is 2. The number of likely N-dealkylation sites (tertiary alicyclic amines) is 1. The van der Waals surface area contributed by atoms with Crippen molar-refractivity contribution in [3.63, 3.8) is 0 Å². The Hall–Kier alpha value is -2.31. The summed E-state index contributed by atoms with van der Waals surface area (Å²) in [4.78, 5) is 25.3. The minimum Gasteiger partial charge on any atom is -0.352 e. The highest BCUT2D eigenvalue weighted by molar-refractivity contribution is 5.96. The average molecular weight is 340 g/mol. The van der Waals surface area contributed by atoms with Gasteiger partial charge in [0.25, 0.3) is 0 Å². The monoisotopic (exact) mass is 340 g/mol. The fourth-order valence-electron chi connectivity index (χ4n) is 2.55. The van der Waals surface area contributed by atoms with Crippen LogP contribution in [0.15, 0.2) is 36.4 Å². The predicted octanol–water partition coefficient (Wildman–Crippen LogP) is 2.76. The topological polar surface area (TPSA) is 49.4 Å². The van der Waals surface area contributed by atoms with Crippen LogP contribution in [0.25, 0.3) is 5.57 Å². The molecule has 1 saturated heterocycles. The molecule has 4 nitrogen and oxygen atoms in total.